The quantitative estimate of drug-likeness (QED) is 0.671. The molecule has 0 aliphatic rings. The van der Waals surface area contributed by atoms with E-state index in [-0.39, 0.29) is 0 Å². The number of H-pyrrole nitrogens is 1. The second-order valence-electron chi connectivity index (χ2n) is 4.01. The van der Waals surface area contributed by atoms with Crippen LogP contribution in [0.2, 0.25) is 0 Å². The van der Waals surface area contributed by atoms with E-state index in [9.17, 15) is 4.79 Å². The fraction of sp³-hybridized carbons (Fsp3) is 0.286. The molecular weight excluding hydrogens is 310 g/mol. The first kappa shape index (κ1) is 15.5. The number of esters is 1. The molecular formula is C14H15NO4S2. The molecule has 1 heterocycles. The minimum Gasteiger partial charge on any atom is -0.493 e. The molecule has 21 heavy (non-hydrogen) atoms. The number of aromatic nitrogens is 1. The Morgan fingerprint density at radius 2 is 2.00 bits per heavy atom. The van der Waals surface area contributed by atoms with Crippen molar-refractivity contribution in [2.75, 3.05) is 20.8 Å². The number of thiazole rings is 1. The summed E-state index contributed by atoms with van der Waals surface area (Å²) in [6, 6.07) is 5.43. The number of hydrogen-bond donors (Lipinski definition) is 1. The van der Waals surface area contributed by atoms with Crippen molar-refractivity contribution in [3.8, 4) is 21.9 Å². The molecule has 0 radical (unpaired) electrons. The van der Waals surface area contributed by atoms with E-state index in [4.69, 9.17) is 26.4 Å². The SMILES string of the molecule is CCOC(=O)c1[nH]c(=S)sc1-c1ccc(OC)c(OC)c1. The highest BCUT2D eigenvalue weighted by Crippen LogP contribution is 2.36. The summed E-state index contributed by atoms with van der Waals surface area (Å²) >= 11 is 6.45. The second-order valence-corrected chi connectivity index (χ2v) is 5.70. The van der Waals surface area contributed by atoms with Gasteiger partial charge in [-0.25, -0.2) is 4.79 Å². The van der Waals surface area contributed by atoms with E-state index in [1.165, 1.54) is 11.3 Å². The average Bonchev–Trinajstić information content (AvgIpc) is 2.88. The topological polar surface area (TPSA) is 60.6 Å². The Bertz CT molecular complexity index is 705. The molecule has 0 saturated carbocycles. The fourth-order valence-corrected chi connectivity index (χ4v) is 3.03. The van der Waals surface area contributed by atoms with E-state index in [1.807, 2.05) is 6.07 Å². The van der Waals surface area contributed by atoms with Crippen LogP contribution in [0.3, 0.4) is 0 Å². The van der Waals surface area contributed by atoms with Crippen molar-refractivity contribution in [3.63, 3.8) is 0 Å². The molecule has 2 aromatic rings. The average molecular weight is 325 g/mol. The van der Waals surface area contributed by atoms with Crippen molar-refractivity contribution >= 4 is 29.5 Å². The van der Waals surface area contributed by atoms with E-state index in [0.717, 1.165) is 10.4 Å². The molecule has 1 aromatic heterocycles. The van der Waals surface area contributed by atoms with Gasteiger partial charge < -0.3 is 19.2 Å². The summed E-state index contributed by atoms with van der Waals surface area (Å²) in [5.74, 6) is 0.789. The van der Waals surface area contributed by atoms with E-state index in [1.54, 1.807) is 33.3 Å². The summed E-state index contributed by atoms with van der Waals surface area (Å²) in [4.78, 5) is 15.6. The summed E-state index contributed by atoms with van der Waals surface area (Å²) in [7, 11) is 3.13. The van der Waals surface area contributed by atoms with Gasteiger partial charge >= 0.3 is 5.97 Å². The molecule has 0 fully saturated rings. The number of carbonyl (C=O) groups excluding carboxylic acids is 1. The van der Waals surface area contributed by atoms with Crippen LogP contribution < -0.4 is 9.47 Å². The van der Waals surface area contributed by atoms with E-state index in [0.29, 0.717) is 27.8 Å². The molecule has 0 aliphatic carbocycles. The Balaban J connectivity index is 2.51. The van der Waals surface area contributed by atoms with Gasteiger partial charge in [0.1, 0.15) is 5.69 Å². The van der Waals surface area contributed by atoms with Crippen LogP contribution >= 0.6 is 23.6 Å². The molecule has 0 unspecified atom stereocenters. The van der Waals surface area contributed by atoms with Crippen LogP contribution in [0.1, 0.15) is 17.4 Å². The number of ether oxygens (including phenoxy) is 3. The first-order chi connectivity index (χ1) is 10.1. The molecule has 1 aromatic carbocycles. The molecule has 0 atom stereocenters. The van der Waals surface area contributed by atoms with Crippen molar-refractivity contribution in [3.05, 3.63) is 27.8 Å². The van der Waals surface area contributed by atoms with E-state index >= 15 is 0 Å². The molecule has 112 valence electrons. The lowest BCUT2D eigenvalue weighted by Gasteiger charge is -2.09. The lowest BCUT2D eigenvalue weighted by molar-refractivity contribution is 0.0521. The van der Waals surface area contributed by atoms with Crippen molar-refractivity contribution < 1.29 is 19.0 Å². The number of nitrogens with one attached hydrogen (secondary N) is 1. The van der Waals surface area contributed by atoms with Gasteiger partial charge in [0.15, 0.2) is 15.5 Å². The minimum atomic E-state index is -0.422. The first-order valence-corrected chi connectivity index (χ1v) is 7.45. The van der Waals surface area contributed by atoms with Crippen LogP contribution in [0.5, 0.6) is 11.5 Å². The normalized spacial score (nSPS) is 10.2. The standard InChI is InChI=1S/C14H15NO4S2/c1-4-19-13(16)11-12(21-14(20)15-11)8-5-6-9(17-2)10(7-8)18-3/h5-7H,4H2,1-3H3,(H,15,20). The molecule has 2 rings (SSSR count). The minimum absolute atomic E-state index is 0.306. The zero-order chi connectivity index (χ0) is 15.4. The highest BCUT2D eigenvalue weighted by Gasteiger charge is 2.18. The maximum Gasteiger partial charge on any atom is 0.356 e. The molecule has 1 N–H and O–H groups in total. The molecule has 7 heteroatoms. The summed E-state index contributed by atoms with van der Waals surface area (Å²) in [5.41, 5.74) is 1.17. The lowest BCUT2D eigenvalue weighted by Crippen LogP contribution is -2.06. The summed E-state index contributed by atoms with van der Waals surface area (Å²) in [6.07, 6.45) is 0. The maximum absolute atomic E-state index is 12.0. The smallest absolute Gasteiger partial charge is 0.356 e. The molecule has 0 bridgehead atoms. The van der Waals surface area contributed by atoms with Crippen molar-refractivity contribution in [2.24, 2.45) is 0 Å². The number of aromatic amines is 1. The van der Waals surface area contributed by atoms with Gasteiger partial charge in [-0.3, -0.25) is 0 Å². The van der Waals surface area contributed by atoms with Gasteiger partial charge in [-0.15, -0.1) is 11.3 Å². The lowest BCUT2D eigenvalue weighted by atomic mass is 10.1. The fourth-order valence-electron chi connectivity index (χ4n) is 1.86. The van der Waals surface area contributed by atoms with Crippen LogP contribution in [0, 0.1) is 3.95 Å². The van der Waals surface area contributed by atoms with Crippen LogP contribution in [-0.4, -0.2) is 31.8 Å². The van der Waals surface area contributed by atoms with Crippen LogP contribution in [0.15, 0.2) is 18.2 Å². The van der Waals surface area contributed by atoms with Gasteiger partial charge in [-0.1, -0.05) is 0 Å². The van der Waals surface area contributed by atoms with Gasteiger partial charge in [0.2, 0.25) is 0 Å². The third-order valence-electron chi connectivity index (χ3n) is 2.77. The number of benzene rings is 1. The number of methoxy groups -OCH3 is 2. The highest BCUT2D eigenvalue weighted by molar-refractivity contribution is 7.73. The Kier molecular flexibility index (Phi) is 4.98. The Hall–Kier alpha value is -1.86. The summed E-state index contributed by atoms with van der Waals surface area (Å²) in [6.45, 7) is 2.07. The third-order valence-corrected chi connectivity index (χ3v) is 4.06. The zero-order valence-corrected chi connectivity index (χ0v) is 13.5. The summed E-state index contributed by atoms with van der Waals surface area (Å²) in [5, 5.41) is 0. The zero-order valence-electron chi connectivity index (χ0n) is 11.9. The number of carbonyl (C=O) groups is 1. The highest BCUT2D eigenvalue weighted by atomic mass is 32.1. The number of rotatable bonds is 5. The van der Waals surface area contributed by atoms with E-state index < -0.39 is 5.97 Å². The Morgan fingerprint density at radius 1 is 1.29 bits per heavy atom. The van der Waals surface area contributed by atoms with Gasteiger partial charge in [0.25, 0.3) is 0 Å². The maximum atomic E-state index is 12.0. The van der Waals surface area contributed by atoms with Crippen LogP contribution in [0.4, 0.5) is 0 Å². The van der Waals surface area contributed by atoms with E-state index in [2.05, 4.69) is 4.98 Å². The predicted molar refractivity (Wildman–Crippen MR) is 84.0 cm³/mol. The van der Waals surface area contributed by atoms with Gasteiger partial charge in [-0.05, 0) is 42.9 Å². The first-order valence-electron chi connectivity index (χ1n) is 6.23. The third kappa shape index (κ3) is 3.25. The summed E-state index contributed by atoms with van der Waals surface area (Å²) < 4.78 is 16.0. The van der Waals surface area contributed by atoms with Gasteiger partial charge in [0, 0.05) is 0 Å². The molecule has 0 aliphatic heterocycles. The molecule has 0 amide bonds. The number of hydrogen-bond acceptors (Lipinski definition) is 6. The van der Waals surface area contributed by atoms with Crippen molar-refractivity contribution in [1.82, 2.24) is 4.98 Å². The van der Waals surface area contributed by atoms with Crippen molar-refractivity contribution in [2.45, 2.75) is 6.92 Å². The monoisotopic (exact) mass is 325 g/mol. The largest absolute Gasteiger partial charge is 0.493 e. The van der Waals surface area contributed by atoms with Crippen LogP contribution in [0.25, 0.3) is 10.4 Å². The van der Waals surface area contributed by atoms with Gasteiger partial charge in [-0.2, -0.15) is 0 Å². The predicted octanol–water partition coefficient (Wildman–Crippen LogP) is 3.67. The van der Waals surface area contributed by atoms with Gasteiger partial charge in [0.05, 0.1) is 25.7 Å². The molecule has 5 nitrogen and oxygen atoms in total. The molecule has 0 spiro atoms. The van der Waals surface area contributed by atoms with Crippen LogP contribution in [-0.2, 0) is 4.74 Å². The Labute approximate surface area is 131 Å². The van der Waals surface area contributed by atoms with Crippen molar-refractivity contribution in [1.29, 1.82) is 0 Å². The Morgan fingerprint density at radius 3 is 2.62 bits per heavy atom. The second kappa shape index (κ2) is 6.73. The molecule has 0 saturated heterocycles.